The van der Waals surface area contributed by atoms with Gasteiger partial charge in [-0.25, -0.2) is 4.99 Å². The average Bonchev–Trinajstić information content (AvgIpc) is 3.51. The standard InChI is InChI=1S/C25H25N5O2S/c1-2-17(16-9-4-3-5-10-16)23(31)27-22-15-20(21-13-8-14-33-21)29-30(22)25-26-19-12-7-6-11-18(19)24(32)28-25/h3-5,8-10,13-15,17-18H,2,6-7,11-12H2,1H3,(H,27,31). The van der Waals surface area contributed by atoms with Gasteiger partial charge in [0.25, 0.3) is 11.9 Å². The number of hydrogen-bond donors (Lipinski definition) is 1. The van der Waals surface area contributed by atoms with E-state index in [4.69, 9.17) is 4.99 Å². The van der Waals surface area contributed by atoms with E-state index >= 15 is 0 Å². The largest absolute Gasteiger partial charge is 0.310 e. The van der Waals surface area contributed by atoms with Gasteiger partial charge in [0.2, 0.25) is 5.91 Å². The Morgan fingerprint density at radius 3 is 2.79 bits per heavy atom. The Morgan fingerprint density at radius 2 is 2.03 bits per heavy atom. The van der Waals surface area contributed by atoms with Crippen molar-refractivity contribution in [3.05, 3.63) is 59.5 Å². The molecule has 5 rings (SSSR count). The van der Waals surface area contributed by atoms with Crippen LogP contribution in [0.1, 0.15) is 50.5 Å². The minimum atomic E-state index is -0.302. The highest BCUT2D eigenvalue weighted by Crippen LogP contribution is 2.30. The number of carbonyl (C=O) groups excluding carboxylic acids is 2. The molecule has 1 aromatic carbocycles. The second-order valence-electron chi connectivity index (χ2n) is 8.32. The second kappa shape index (κ2) is 9.23. The SMILES string of the molecule is CCC(C(=O)Nc1cc(-c2cccs2)nn1C1=NC(=O)C2CCCCC2=N1)c1ccccc1. The number of aromatic nitrogens is 2. The molecule has 2 amide bonds. The third-order valence-electron chi connectivity index (χ3n) is 6.18. The van der Waals surface area contributed by atoms with Crippen LogP contribution in [0.25, 0.3) is 10.6 Å². The second-order valence-corrected chi connectivity index (χ2v) is 9.26. The topological polar surface area (TPSA) is 88.7 Å². The predicted molar refractivity (Wildman–Crippen MR) is 131 cm³/mol. The molecule has 0 spiro atoms. The predicted octanol–water partition coefficient (Wildman–Crippen LogP) is 5.12. The molecule has 0 radical (unpaired) electrons. The van der Waals surface area contributed by atoms with E-state index in [1.54, 1.807) is 11.3 Å². The zero-order chi connectivity index (χ0) is 22.8. The minimum Gasteiger partial charge on any atom is -0.310 e. The number of amides is 2. The summed E-state index contributed by atoms with van der Waals surface area (Å²) in [7, 11) is 0. The number of fused-ring (bicyclic) bond motifs is 1. The van der Waals surface area contributed by atoms with E-state index < -0.39 is 0 Å². The molecule has 2 aromatic heterocycles. The molecule has 2 unspecified atom stereocenters. The molecule has 2 aliphatic rings. The van der Waals surface area contributed by atoms with Gasteiger partial charge < -0.3 is 5.32 Å². The van der Waals surface area contributed by atoms with Crippen molar-refractivity contribution in [1.29, 1.82) is 0 Å². The van der Waals surface area contributed by atoms with E-state index in [2.05, 4.69) is 15.4 Å². The van der Waals surface area contributed by atoms with Gasteiger partial charge in [0.1, 0.15) is 11.5 Å². The molecule has 33 heavy (non-hydrogen) atoms. The Bertz CT molecular complexity index is 1230. The van der Waals surface area contributed by atoms with E-state index in [-0.39, 0.29) is 29.6 Å². The maximum Gasteiger partial charge on any atom is 0.257 e. The van der Waals surface area contributed by atoms with Crippen molar-refractivity contribution >= 4 is 40.6 Å². The first-order chi connectivity index (χ1) is 16.1. The van der Waals surface area contributed by atoms with Crippen molar-refractivity contribution < 1.29 is 9.59 Å². The number of nitrogens with one attached hydrogen (secondary N) is 1. The summed E-state index contributed by atoms with van der Waals surface area (Å²) in [4.78, 5) is 35.9. The highest BCUT2D eigenvalue weighted by Gasteiger charge is 2.32. The Kier molecular flexibility index (Phi) is 6.00. The lowest BCUT2D eigenvalue weighted by Gasteiger charge is -2.24. The zero-order valence-corrected chi connectivity index (χ0v) is 19.2. The zero-order valence-electron chi connectivity index (χ0n) is 18.4. The summed E-state index contributed by atoms with van der Waals surface area (Å²) in [5.74, 6) is -0.134. The Labute approximate surface area is 196 Å². The van der Waals surface area contributed by atoms with Crippen LogP contribution in [0.5, 0.6) is 0 Å². The first-order valence-corrected chi connectivity index (χ1v) is 12.2. The molecule has 1 N–H and O–H groups in total. The van der Waals surface area contributed by atoms with Crippen molar-refractivity contribution in [2.75, 3.05) is 5.32 Å². The van der Waals surface area contributed by atoms with Crippen molar-refractivity contribution in [2.45, 2.75) is 44.9 Å². The molecule has 1 aliphatic heterocycles. The van der Waals surface area contributed by atoms with Crippen LogP contribution in [0.2, 0.25) is 0 Å². The fraction of sp³-hybridized carbons (Fsp3) is 0.320. The van der Waals surface area contributed by atoms with E-state index in [1.165, 1.54) is 4.68 Å². The number of anilines is 1. The molecule has 1 saturated carbocycles. The number of aliphatic imine (C=N–C) groups is 2. The van der Waals surface area contributed by atoms with Crippen LogP contribution < -0.4 is 5.32 Å². The summed E-state index contributed by atoms with van der Waals surface area (Å²) in [6.07, 6.45) is 4.29. The lowest BCUT2D eigenvalue weighted by Crippen LogP contribution is -2.34. The van der Waals surface area contributed by atoms with Crippen molar-refractivity contribution in [2.24, 2.45) is 15.9 Å². The van der Waals surface area contributed by atoms with Gasteiger partial charge in [0.05, 0.1) is 16.7 Å². The van der Waals surface area contributed by atoms with Crippen LogP contribution in [0, 0.1) is 5.92 Å². The van der Waals surface area contributed by atoms with E-state index in [0.717, 1.165) is 41.8 Å². The number of nitrogens with zero attached hydrogens (tertiary/aromatic N) is 4. The van der Waals surface area contributed by atoms with Gasteiger partial charge in [-0.3, -0.25) is 9.59 Å². The molecule has 3 heterocycles. The molecule has 8 heteroatoms. The number of rotatable bonds is 5. The van der Waals surface area contributed by atoms with E-state index in [1.807, 2.05) is 60.8 Å². The van der Waals surface area contributed by atoms with Gasteiger partial charge in [0, 0.05) is 11.8 Å². The highest BCUT2D eigenvalue weighted by atomic mass is 32.1. The first kappa shape index (κ1) is 21.5. The van der Waals surface area contributed by atoms with Crippen LogP contribution in [-0.4, -0.2) is 33.3 Å². The van der Waals surface area contributed by atoms with Gasteiger partial charge in [-0.2, -0.15) is 14.8 Å². The van der Waals surface area contributed by atoms with Gasteiger partial charge >= 0.3 is 0 Å². The van der Waals surface area contributed by atoms with Crippen LogP contribution >= 0.6 is 11.3 Å². The fourth-order valence-electron chi connectivity index (χ4n) is 4.46. The molecule has 1 fully saturated rings. The fourth-order valence-corrected chi connectivity index (χ4v) is 5.14. The number of thiophene rings is 1. The van der Waals surface area contributed by atoms with Gasteiger partial charge in [-0.05, 0) is 42.7 Å². The maximum atomic E-state index is 13.3. The quantitative estimate of drug-likeness (QED) is 0.574. The molecule has 3 aromatic rings. The summed E-state index contributed by atoms with van der Waals surface area (Å²) in [5.41, 5.74) is 2.53. The summed E-state index contributed by atoms with van der Waals surface area (Å²) < 4.78 is 1.50. The third kappa shape index (κ3) is 4.30. The Hall–Kier alpha value is -3.39. The van der Waals surface area contributed by atoms with Crippen LogP contribution in [-0.2, 0) is 9.59 Å². The van der Waals surface area contributed by atoms with Gasteiger partial charge in [0.15, 0.2) is 0 Å². The summed E-state index contributed by atoms with van der Waals surface area (Å²) in [5, 5.41) is 9.69. The molecule has 7 nitrogen and oxygen atoms in total. The van der Waals surface area contributed by atoms with Gasteiger partial charge in [-0.15, -0.1) is 11.3 Å². The number of carbonyl (C=O) groups is 2. The molecule has 2 atom stereocenters. The minimum absolute atomic E-state index is 0.131. The smallest absolute Gasteiger partial charge is 0.257 e. The first-order valence-electron chi connectivity index (χ1n) is 11.3. The highest BCUT2D eigenvalue weighted by molar-refractivity contribution is 7.13. The average molecular weight is 460 g/mol. The monoisotopic (exact) mass is 459 g/mol. The van der Waals surface area contributed by atoms with Crippen molar-refractivity contribution in [3.63, 3.8) is 0 Å². The maximum absolute atomic E-state index is 13.3. The molecular weight excluding hydrogens is 434 g/mol. The van der Waals surface area contributed by atoms with Crippen molar-refractivity contribution in [3.8, 4) is 10.6 Å². The lowest BCUT2D eigenvalue weighted by atomic mass is 9.86. The molecule has 1 aliphatic carbocycles. The van der Waals surface area contributed by atoms with Crippen molar-refractivity contribution in [1.82, 2.24) is 9.78 Å². The Balaban J connectivity index is 1.51. The molecular formula is C25H25N5O2S. The number of benzene rings is 1. The molecule has 0 saturated heterocycles. The lowest BCUT2D eigenvalue weighted by molar-refractivity contribution is -0.120. The molecule has 168 valence electrons. The summed E-state index contributed by atoms with van der Waals surface area (Å²) >= 11 is 1.56. The molecule has 0 bridgehead atoms. The van der Waals surface area contributed by atoms with Crippen LogP contribution in [0.3, 0.4) is 0 Å². The van der Waals surface area contributed by atoms with E-state index in [0.29, 0.717) is 17.9 Å². The van der Waals surface area contributed by atoms with Gasteiger partial charge in [-0.1, -0.05) is 49.7 Å². The van der Waals surface area contributed by atoms with Crippen LogP contribution in [0.15, 0.2) is 63.9 Å². The normalized spacial score (nSPS) is 18.8. The van der Waals surface area contributed by atoms with E-state index in [9.17, 15) is 9.59 Å². The summed E-state index contributed by atoms with van der Waals surface area (Å²) in [6, 6.07) is 15.5. The number of hydrogen-bond acceptors (Lipinski definition) is 5. The Morgan fingerprint density at radius 1 is 1.18 bits per heavy atom. The summed E-state index contributed by atoms with van der Waals surface area (Å²) in [6.45, 7) is 1.99. The van der Waals surface area contributed by atoms with Crippen LogP contribution in [0.4, 0.5) is 5.82 Å². The third-order valence-corrected chi connectivity index (χ3v) is 7.07.